The summed E-state index contributed by atoms with van der Waals surface area (Å²) in [6.07, 6.45) is 3.83. The van der Waals surface area contributed by atoms with Gasteiger partial charge >= 0.3 is 0 Å². The van der Waals surface area contributed by atoms with Gasteiger partial charge < -0.3 is 19.8 Å². The second-order valence-electron chi connectivity index (χ2n) is 9.12. The molecule has 2 bridgehead atoms. The lowest BCUT2D eigenvalue weighted by Crippen LogP contribution is -2.56. The summed E-state index contributed by atoms with van der Waals surface area (Å²) in [5.74, 6) is -1.89. The van der Waals surface area contributed by atoms with E-state index in [4.69, 9.17) is 11.6 Å². The minimum Gasteiger partial charge on any atom is -0.395 e. The molecule has 1 spiro atoms. The molecule has 3 amide bonds. The summed E-state index contributed by atoms with van der Waals surface area (Å²) in [4.78, 5) is 46.2. The first-order chi connectivity index (χ1) is 16.7. The fraction of sp³-hybridized carbons (Fsp3) is 0.480. The van der Waals surface area contributed by atoms with Gasteiger partial charge in [-0.1, -0.05) is 51.8 Å². The Hall–Kier alpha value is -1.81. The van der Waals surface area contributed by atoms with Crippen molar-refractivity contribution < 1.29 is 19.5 Å². The molecule has 0 aromatic heterocycles. The van der Waals surface area contributed by atoms with Crippen LogP contribution in [0.2, 0.25) is 5.02 Å². The fourth-order valence-electron chi connectivity index (χ4n) is 5.83. The molecule has 4 rings (SSSR count). The molecule has 10 heteroatoms. The molecule has 6 atom stereocenters. The topological polar surface area (TPSA) is 81.2 Å². The van der Waals surface area contributed by atoms with Gasteiger partial charge in [0.05, 0.1) is 33.9 Å². The third-order valence-corrected chi connectivity index (χ3v) is 10.7. The lowest BCUT2D eigenvalue weighted by molar-refractivity contribution is -0.143. The van der Waals surface area contributed by atoms with Crippen LogP contribution in [0.25, 0.3) is 0 Å². The van der Waals surface area contributed by atoms with Crippen LogP contribution >= 0.6 is 39.3 Å². The van der Waals surface area contributed by atoms with Gasteiger partial charge in [0.2, 0.25) is 11.8 Å². The predicted octanol–water partition coefficient (Wildman–Crippen LogP) is 2.96. The number of thioether (sulfide) groups is 1. The number of likely N-dealkylation sites (N-methyl/N-ethyl adjacent to an activating group) is 1. The number of aliphatic hydroxyl groups excluding tert-OH is 1. The number of carbonyl (C=O) groups is 3. The van der Waals surface area contributed by atoms with Crippen molar-refractivity contribution in [3.8, 4) is 0 Å². The number of rotatable bonds is 9. The molecule has 3 aliphatic rings. The van der Waals surface area contributed by atoms with Crippen LogP contribution in [-0.2, 0) is 14.4 Å². The number of aliphatic hydroxyl groups is 1. The monoisotopic (exact) mass is 581 g/mol. The maximum Gasteiger partial charge on any atom is 0.251 e. The average molecular weight is 583 g/mol. The number of likely N-dealkylation sites (tertiary alicyclic amines) is 1. The summed E-state index contributed by atoms with van der Waals surface area (Å²) in [6, 6.07) is 6.21. The number of β-amino-alcohol motifs (C(OH)–C–C–N with tert-alkyl or cyclic N) is 1. The lowest BCUT2D eigenvalue weighted by Gasteiger charge is -2.38. The van der Waals surface area contributed by atoms with Crippen LogP contribution in [0.15, 0.2) is 49.6 Å². The molecule has 7 nitrogen and oxygen atoms in total. The molecule has 1 N–H and O–H groups in total. The van der Waals surface area contributed by atoms with Crippen LogP contribution in [-0.4, -0.2) is 86.8 Å². The Morgan fingerprint density at radius 3 is 2.60 bits per heavy atom. The molecule has 188 valence electrons. The van der Waals surface area contributed by atoms with E-state index in [2.05, 4.69) is 29.1 Å². The molecule has 0 radical (unpaired) electrons. The largest absolute Gasteiger partial charge is 0.395 e. The second kappa shape index (κ2) is 10.3. The molecule has 3 heterocycles. The molecule has 3 saturated heterocycles. The smallest absolute Gasteiger partial charge is 0.251 e. The van der Waals surface area contributed by atoms with E-state index >= 15 is 0 Å². The third-order valence-electron chi connectivity index (χ3n) is 7.15. The minimum atomic E-state index is -0.846. The fourth-order valence-corrected chi connectivity index (χ4v) is 9.67. The van der Waals surface area contributed by atoms with E-state index in [1.807, 2.05) is 0 Å². The van der Waals surface area contributed by atoms with Crippen molar-refractivity contribution >= 4 is 62.7 Å². The Bertz CT molecular complexity index is 1060. The van der Waals surface area contributed by atoms with Crippen molar-refractivity contribution in [3.05, 3.63) is 54.6 Å². The first kappa shape index (κ1) is 26.3. The summed E-state index contributed by atoms with van der Waals surface area (Å²) < 4.78 is -0.793. The van der Waals surface area contributed by atoms with Crippen LogP contribution in [0.1, 0.15) is 6.42 Å². The van der Waals surface area contributed by atoms with E-state index in [0.29, 0.717) is 23.7 Å². The van der Waals surface area contributed by atoms with Gasteiger partial charge in [-0.05, 0) is 18.6 Å². The van der Waals surface area contributed by atoms with Crippen molar-refractivity contribution in [1.29, 1.82) is 0 Å². The summed E-state index contributed by atoms with van der Waals surface area (Å²) in [5, 5.41) is 10.1. The van der Waals surface area contributed by atoms with Crippen molar-refractivity contribution in [1.82, 2.24) is 9.80 Å². The van der Waals surface area contributed by atoms with Crippen molar-refractivity contribution in [2.45, 2.75) is 27.3 Å². The Labute approximate surface area is 223 Å². The van der Waals surface area contributed by atoms with Gasteiger partial charge in [-0.15, -0.1) is 24.9 Å². The molecule has 35 heavy (non-hydrogen) atoms. The van der Waals surface area contributed by atoms with Crippen molar-refractivity contribution in [2.75, 3.05) is 38.2 Å². The zero-order valence-electron chi connectivity index (χ0n) is 19.5. The Balaban J connectivity index is 1.80. The second-order valence-corrected chi connectivity index (χ2v) is 12.2. The molecule has 0 saturated carbocycles. The minimum absolute atomic E-state index is 0.0134. The molecule has 3 unspecified atom stereocenters. The number of alkyl halides is 1. The highest BCUT2D eigenvalue weighted by molar-refractivity contribution is 9.09. The van der Waals surface area contributed by atoms with E-state index in [-0.39, 0.29) is 47.5 Å². The first-order valence-corrected chi connectivity index (χ1v) is 13.7. The number of fused-ring (bicyclic) bond motifs is 1. The van der Waals surface area contributed by atoms with Crippen molar-refractivity contribution in [2.24, 2.45) is 11.8 Å². The number of carbonyl (C=O) groups excluding carboxylic acids is 3. The molecular weight excluding hydrogens is 554 g/mol. The molecule has 3 fully saturated rings. The highest BCUT2D eigenvalue weighted by Gasteiger charge is 2.76. The molecule has 1 aromatic carbocycles. The maximum absolute atomic E-state index is 14.3. The van der Waals surface area contributed by atoms with E-state index in [9.17, 15) is 19.5 Å². The van der Waals surface area contributed by atoms with Crippen LogP contribution in [0.3, 0.4) is 0 Å². The number of nitrogens with zero attached hydrogens (tertiary/aromatic N) is 3. The molecule has 1 aromatic rings. The quantitative estimate of drug-likeness (QED) is 0.358. The zero-order valence-corrected chi connectivity index (χ0v) is 22.6. The van der Waals surface area contributed by atoms with E-state index in [1.54, 1.807) is 65.0 Å². The normalized spacial score (nSPS) is 30.8. The van der Waals surface area contributed by atoms with Gasteiger partial charge in [-0.25, -0.2) is 0 Å². The lowest BCUT2D eigenvalue weighted by atomic mass is 9.70. The number of benzene rings is 1. The van der Waals surface area contributed by atoms with Gasteiger partial charge in [0.25, 0.3) is 5.91 Å². The SMILES string of the molecule is C=CCN(C)C(=O)[C@H]1[C@@H]2SC3(CC2Br)C(C(=O)N(CC=C)c2ccccc2Cl)N(CCO)C(=O)[C@H]13. The summed E-state index contributed by atoms with van der Waals surface area (Å²) in [6.45, 7) is 7.82. The summed E-state index contributed by atoms with van der Waals surface area (Å²) >= 11 is 11.8. The number of hydrogen-bond donors (Lipinski definition) is 1. The molecule has 3 aliphatic heterocycles. The Kier molecular flexibility index (Phi) is 7.71. The van der Waals surface area contributed by atoms with Gasteiger partial charge in [-0.3, -0.25) is 14.4 Å². The van der Waals surface area contributed by atoms with Crippen LogP contribution < -0.4 is 4.90 Å². The summed E-state index contributed by atoms with van der Waals surface area (Å²) in [7, 11) is 1.70. The average Bonchev–Trinajstić information content (AvgIpc) is 3.41. The Morgan fingerprint density at radius 1 is 1.29 bits per heavy atom. The summed E-state index contributed by atoms with van der Waals surface area (Å²) in [5.41, 5.74) is 0.529. The predicted molar refractivity (Wildman–Crippen MR) is 143 cm³/mol. The van der Waals surface area contributed by atoms with Crippen LogP contribution in [0.5, 0.6) is 0 Å². The van der Waals surface area contributed by atoms with Gasteiger partial charge in [-0.2, -0.15) is 0 Å². The number of amides is 3. The number of halogens is 2. The van der Waals surface area contributed by atoms with E-state index in [0.717, 1.165) is 0 Å². The molecular formula is C25H29BrClN3O4S. The van der Waals surface area contributed by atoms with Crippen molar-refractivity contribution in [3.63, 3.8) is 0 Å². The van der Waals surface area contributed by atoms with Gasteiger partial charge in [0, 0.05) is 36.8 Å². The Morgan fingerprint density at radius 2 is 1.97 bits per heavy atom. The van der Waals surface area contributed by atoms with Crippen LogP contribution in [0.4, 0.5) is 5.69 Å². The number of para-hydroxylation sites is 1. The highest BCUT2D eigenvalue weighted by atomic mass is 79.9. The van der Waals surface area contributed by atoms with E-state index in [1.165, 1.54) is 4.90 Å². The molecule has 0 aliphatic carbocycles. The maximum atomic E-state index is 14.3. The third kappa shape index (κ3) is 4.14. The highest BCUT2D eigenvalue weighted by Crippen LogP contribution is 2.68. The van der Waals surface area contributed by atoms with Gasteiger partial charge in [0.1, 0.15) is 6.04 Å². The zero-order chi connectivity index (χ0) is 25.5. The number of hydrogen-bond acceptors (Lipinski definition) is 5. The van der Waals surface area contributed by atoms with Gasteiger partial charge in [0.15, 0.2) is 0 Å². The first-order valence-electron chi connectivity index (χ1n) is 11.5. The number of anilines is 1. The van der Waals surface area contributed by atoms with E-state index < -0.39 is 22.6 Å². The van der Waals surface area contributed by atoms with Crippen LogP contribution in [0, 0.1) is 11.8 Å². The standard InChI is InChI=1S/C25H29BrClN3O4S/c1-4-10-28(3)22(32)18-19-23(33)30(12-13-31)21(25(19)14-15(26)20(18)35-25)24(34)29(11-5-2)17-9-7-6-8-16(17)27/h4-9,15,18-21,31H,1-2,10-14H2,3H3/t15?,18-,19+,20-,21?,25?/m1/s1.